The molecular formula is C16H25N3O2. The van der Waals surface area contributed by atoms with Gasteiger partial charge in [-0.2, -0.15) is 0 Å². The molecule has 3 N–H and O–H groups in total. The average Bonchev–Trinajstić information content (AvgIpc) is 2.99. The molecule has 0 saturated heterocycles. The van der Waals surface area contributed by atoms with Crippen LogP contribution in [0.25, 0.3) is 0 Å². The van der Waals surface area contributed by atoms with E-state index in [1.807, 2.05) is 36.0 Å². The van der Waals surface area contributed by atoms with Crippen LogP contribution in [0.3, 0.4) is 0 Å². The van der Waals surface area contributed by atoms with E-state index in [0.29, 0.717) is 12.8 Å². The molecule has 21 heavy (non-hydrogen) atoms. The highest BCUT2D eigenvalue weighted by molar-refractivity contribution is 5.91. The van der Waals surface area contributed by atoms with E-state index in [1.54, 1.807) is 0 Å². The lowest BCUT2D eigenvalue weighted by Gasteiger charge is -2.36. The molecule has 1 saturated carbocycles. The molecule has 1 heterocycles. The number of amides is 2. The Hall–Kier alpha value is -1.78. The standard InChI is InChI=1S/C16H25N3O2/c1-2-8-13(19-11-6-7-12-19)14(20)18-16(15(17)21)9-4-3-5-10-16/h6-7,11-13H,2-5,8-10H2,1H3,(H2,17,21)(H,18,20)/t13-/m0/s1. The summed E-state index contributed by atoms with van der Waals surface area (Å²) >= 11 is 0. The second-order valence-corrected chi connectivity index (χ2v) is 5.93. The van der Waals surface area contributed by atoms with Gasteiger partial charge < -0.3 is 15.6 Å². The van der Waals surface area contributed by atoms with Gasteiger partial charge in [0.15, 0.2) is 0 Å². The fourth-order valence-corrected chi connectivity index (χ4v) is 3.15. The van der Waals surface area contributed by atoms with Crippen molar-refractivity contribution in [2.24, 2.45) is 5.73 Å². The number of hydrogen-bond donors (Lipinski definition) is 2. The van der Waals surface area contributed by atoms with Crippen molar-refractivity contribution in [2.45, 2.75) is 63.5 Å². The largest absolute Gasteiger partial charge is 0.368 e. The summed E-state index contributed by atoms with van der Waals surface area (Å²) in [5.41, 5.74) is 4.73. The van der Waals surface area contributed by atoms with Crippen LogP contribution in [0.2, 0.25) is 0 Å². The van der Waals surface area contributed by atoms with Crippen LogP contribution < -0.4 is 11.1 Å². The Morgan fingerprint density at radius 1 is 1.24 bits per heavy atom. The third-order valence-corrected chi connectivity index (χ3v) is 4.39. The summed E-state index contributed by atoms with van der Waals surface area (Å²) in [6.45, 7) is 2.05. The second-order valence-electron chi connectivity index (χ2n) is 5.93. The minimum atomic E-state index is -0.853. The molecule has 116 valence electrons. The first-order chi connectivity index (χ1) is 10.1. The van der Waals surface area contributed by atoms with Crippen molar-refractivity contribution in [3.63, 3.8) is 0 Å². The summed E-state index contributed by atoms with van der Waals surface area (Å²) in [5.74, 6) is -0.507. The predicted molar refractivity (Wildman–Crippen MR) is 81.5 cm³/mol. The molecule has 1 aromatic heterocycles. The molecule has 2 amide bonds. The Bertz CT molecular complexity index is 476. The fraction of sp³-hybridized carbons (Fsp3) is 0.625. The molecule has 1 aliphatic carbocycles. The Morgan fingerprint density at radius 2 is 1.86 bits per heavy atom. The lowest BCUT2D eigenvalue weighted by Crippen LogP contribution is -2.59. The van der Waals surface area contributed by atoms with Crippen LogP contribution >= 0.6 is 0 Å². The van der Waals surface area contributed by atoms with E-state index in [1.165, 1.54) is 0 Å². The molecule has 0 aliphatic heterocycles. The van der Waals surface area contributed by atoms with E-state index in [2.05, 4.69) is 5.32 Å². The van der Waals surface area contributed by atoms with E-state index in [4.69, 9.17) is 5.73 Å². The van der Waals surface area contributed by atoms with Gasteiger partial charge in [-0.15, -0.1) is 0 Å². The molecule has 1 aliphatic rings. The molecule has 1 aromatic rings. The Kier molecular flexibility index (Phi) is 5.04. The molecule has 5 heteroatoms. The van der Waals surface area contributed by atoms with Gasteiger partial charge in [0.05, 0.1) is 0 Å². The maximum Gasteiger partial charge on any atom is 0.243 e. The zero-order valence-electron chi connectivity index (χ0n) is 12.7. The summed E-state index contributed by atoms with van der Waals surface area (Å²) in [6.07, 6.45) is 9.69. The van der Waals surface area contributed by atoms with Crippen molar-refractivity contribution >= 4 is 11.8 Å². The van der Waals surface area contributed by atoms with Crippen molar-refractivity contribution in [1.82, 2.24) is 9.88 Å². The SMILES string of the molecule is CCC[C@@H](C(=O)NC1(C(N)=O)CCCCC1)n1cccc1. The van der Waals surface area contributed by atoms with Crippen molar-refractivity contribution in [3.05, 3.63) is 24.5 Å². The lowest BCUT2D eigenvalue weighted by atomic mass is 9.80. The van der Waals surface area contributed by atoms with Crippen LogP contribution in [0.1, 0.15) is 57.9 Å². The summed E-state index contributed by atoms with van der Waals surface area (Å²) in [7, 11) is 0. The van der Waals surface area contributed by atoms with E-state index >= 15 is 0 Å². The predicted octanol–water partition coefficient (Wildman–Crippen LogP) is 2.13. The zero-order chi connectivity index (χ0) is 15.3. The molecular weight excluding hydrogens is 266 g/mol. The third kappa shape index (κ3) is 3.46. The zero-order valence-corrected chi connectivity index (χ0v) is 12.7. The molecule has 2 rings (SSSR count). The van der Waals surface area contributed by atoms with Crippen LogP contribution in [0, 0.1) is 0 Å². The highest BCUT2D eigenvalue weighted by Gasteiger charge is 2.40. The van der Waals surface area contributed by atoms with Gasteiger partial charge in [0.25, 0.3) is 0 Å². The van der Waals surface area contributed by atoms with Gasteiger partial charge in [-0.25, -0.2) is 0 Å². The normalized spacial score (nSPS) is 18.9. The number of nitrogens with zero attached hydrogens (tertiary/aromatic N) is 1. The van der Waals surface area contributed by atoms with Crippen LogP contribution in [-0.2, 0) is 9.59 Å². The molecule has 0 radical (unpaired) electrons. The molecule has 0 aromatic carbocycles. The minimum absolute atomic E-state index is 0.103. The average molecular weight is 291 g/mol. The molecule has 5 nitrogen and oxygen atoms in total. The molecule has 0 unspecified atom stereocenters. The molecule has 1 atom stereocenters. The third-order valence-electron chi connectivity index (χ3n) is 4.39. The number of carbonyl (C=O) groups is 2. The molecule has 1 fully saturated rings. The maximum atomic E-state index is 12.7. The van der Waals surface area contributed by atoms with Crippen molar-refractivity contribution < 1.29 is 9.59 Å². The highest BCUT2D eigenvalue weighted by atomic mass is 16.2. The van der Waals surface area contributed by atoms with Gasteiger partial charge in [0.2, 0.25) is 11.8 Å². The number of rotatable bonds is 6. The smallest absolute Gasteiger partial charge is 0.243 e. The summed E-state index contributed by atoms with van der Waals surface area (Å²) in [5, 5.41) is 2.97. The number of nitrogens with one attached hydrogen (secondary N) is 1. The van der Waals surface area contributed by atoms with E-state index < -0.39 is 11.4 Å². The van der Waals surface area contributed by atoms with Crippen LogP contribution in [-0.4, -0.2) is 21.9 Å². The fourth-order valence-electron chi connectivity index (χ4n) is 3.15. The number of nitrogens with two attached hydrogens (primary N) is 1. The first-order valence-corrected chi connectivity index (χ1v) is 7.83. The summed E-state index contributed by atoms with van der Waals surface area (Å²) in [4.78, 5) is 24.5. The maximum absolute atomic E-state index is 12.7. The first-order valence-electron chi connectivity index (χ1n) is 7.83. The first kappa shape index (κ1) is 15.6. The van der Waals surface area contributed by atoms with Crippen molar-refractivity contribution in [2.75, 3.05) is 0 Å². The minimum Gasteiger partial charge on any atom is -0.368 e. The highest BCUT2D eigenvalue weighted by Crippen LogP contribution is 2.29. The van der Waals surface area contributed by atoms with Crippen LogP contribution in [0.4, 0.5) is 0 Å². The summed E-state index contributed by atoms with van der Waals surface area (Å²) < 4.78 is 1.90. The van der Waals surface area contributed by atoms with Gasteiger partial charge in [0.1, 0.15) is 11.6 Å². The van der Waals surface area contributed by atoms with Crippen molar-refractivity contribution in [1.29, 1.82) is 0 Å². The Balaban J connectivity index is 2.14. The van der Waals surface area contributed by atoms with Crippen LogP contribution in [0.5, 0.6) is 0 Å². The van der Waals surface area contributed by atoms with Crippen molar-refractivity contribution in [3.8, 4) is 0 Å². The van der Waals surface area contributed by atoms with E-state index in [0.717, 1.165) is 32.1 Å². The number of hydrogen-bond acceptors (Lipinski definition) is 2. The quantitative estimate of drug-likeness (QED) is 0.842. The Labute approximate surface area is 125 Å². The summed E-state index contributed by atoms with van der Waals surface area (Å²) in [6, 6.07) is 3.53. The molecule has 0 bridgehead atoms. The monoisotopic (exact) mass is 291 g/mol. The van der Waals surface area contributed by atoms with Gasteiger partial charge in [0, 0.05) is 12.4 Å². The van der Waals surface area contributed by atoms with Gasteiger partial charge in [-0.3, -0.25) is 9.59 Å². The van der Waals surface area contributed by atoms with Gasteiger partial charge >= 0.3 is 0 Å². The van der Waals surface area contributed by atoms with Gasteiger partial charge in [-0.1, -0.05) is 32.6 Å². The number of carbonyl (C=O) groups excluding carboxylic acids is 2. The number of aromatic nitrogens is 1. The van der Waals surface area contributed by atoms with E-state index in [-0.39, 0.29) is 11.9 Å². The van der Waals surface area contributed by atoms with E-state index in [9.17, 15) is 9.59 Å². The topological polar surface area (TPSA) is 77.1 Å². The Morgan fingerprint density at radius 3 is 2.38 bits per heavy atom. The van der Waals surface area contributed by atoms with Crippen LogP contribution in [0.15, 0.2) is 24.5 Å². The number of primary amides is 1. The molecule has 0 spiro atoms. The van der Waals surface area contributed by atoms with Gasteiger partial charge in [-0.05, 0) is 31.4 Å². The second kappa shape index (κ2) is 6.78. The lowest BCUT2D eigenvalue weighted by molar-refractivity contribution is -0.134.